The molecule has 2 aromatic heterocycles. The Morgan fingerprint density at radius 3 is 3.00 bits per heavy atom. The summed E-state index contributed by atoms with van der Waals surface area (Å²) in [5.41, 5.74) is 1.56. The highest BCUT2D eigenvalue weighted by Crippen LogP contribution is 2.13. The van der Waals surface area contributed by atoms with E-state index in [0.717, 1.165) is 5.56 Å². The quantitative estimate of drug-likeness (QED) is 0.752. The van der Waals surface area contributed by atoms with Gasteiger partial charge < -0.3 is 4.74 Å². The number of hydrogen-bond acceptors (Lipinski definition) is 4. The van der Waals surface area contributed by atoms with Crippen LogP contribution in [-0.2, 0) is 11.3 Å². The molecule has 0 atom stereocenters. The van der Waals surface area contributed by atoms with Crippen LogP contribution in [0.15, 0.2) is 6.07 Å². The monoisotopic (exact) mass is 212 g/mol. The number of aryl methyl sites for hydroxylation is 1. The van der Waals surface area contributed by atoms with Crippen LogP contribution in [-0.4, -0.2) is 26.9 Å². The molecule has 0 aliphatic heterocycles. The molecule has 74 valence electrons. The van der Waals surface area contributed by atoms with Crippen molar-refractivity contribution in [1.82, 2.24) is 19.8 Å². The molecule has 0 amide bonds. The molecule has 0 aliphatic rings. The molecule has 0 fully saturated rings. The molecular weight excluding hydrogens is 204 g/mol. The Labute approximate surface area is 85.7 Å². The Balaban J connectivity index is 2.61. The highest BCUT2D eigenvalue weighted by molar-refractivity contribution is 6.30. The minimum Gasteiger partial charge on any atom is -0.377 e. The topological polar surface area (TPSA) is 52.3 Å². The van der Waals surface area contributed by atoms with E-state index in [0.29, 0.717) is 23.2 Å². The van der Waals surface area contributed by atoms with Gasteiger partial charge in [0.1, 0.15) is 6.61 Å². The maximum atomic E-state index is 5.89. The van der Waals surface area contributed by atoms with Crippen LogP contribution in [0.5, 0.6) is 0 Å². The molecule has 0 aromatic carbocycles. The summed E-state index contributed by atoms with van der Waals surface area (Å²) < 4.78 is 6.54. The van der Waals surface area contributed by atoms with Crippen LogP contribution < -0.4 is 0 Å². The zero-order chi connectivity index (χ0) is 10.1. The maximum absolute atomic E-state index is 5.89. The first-order valence-corrected chi connectivity index (χ1v) is 4.46. The van der Waals surface area contributed by atoms with Gasteiger partial charge in [-0.05, 0) is 18.6 Å². The summed E-state index contributed by atoms with van der Waals surface area (Å²) >= 11 is 5.89. The normalized spacial score (nSPS) is 11.1. The van der Waals surface area contributed by atoms with Gasteiger partial charge >= 0.3 is 0 Å². The first kappa shape index (κ1) is 9.36. The fourth-order valence-electron chi connectivity index (χ4n) is 1.16. The lowest BCUT2D eigenvalue weighted by Crippen LogP contribution is -2.01. The van der Waals surface area contributed by atoms with Crippen LogP contribution in [0.1, 0.15) is 11.4 Å². The lowest BCUT2D eigenvalue weighted by Gasteiger charge is -1.99. The van der Waals surface area contributed by atoms with E-state index in [2.05, 4.69) is 15.3 Å². The second-order valence-electron chi connectivity index (χ2n) is 2.94. The number of fused-ring (bicyclic) bond motifs is 1. The van der Waals surface area contributed by atoms with Crippen molar-refractivity contribution in [2.24, 2.45) is 0 Å². The first-order chi connectivity index (χ1) is 6.72. The molecule has 0 bridgehead atoms. The second kappa shape index (κ2) is 3.51. The zero-order valence-electron chi connectivity index (χ0n) is 7.86. The molecule has 2 heterocycles. The van der Waals surface area contributed by atoms with E-state index in [9.17, 15) is 0 Å². The van der Waals surface area contributed by atoms with Crippen LogP contribution in [0.4, 0.5) is 0 Å². The van der Waals surface area contributed by atoms with Crippen molar-refractivity contribution in [3.05, 3.63) is 22.6 Å². The van der Waals surface area contributed by atoms with Crippen LogP contribution >= 0.6 is 11.6 Å². The fraction of sp³-hybridized carbons (Fsp3) is 0.375. The number of hydrogen-bond donors (Lipinski definition) is 0. The summed E-state index contributed by atoms with van der Waals surface area (Å²) in [6.07, 6.45) is 0. The van der Waals surface area contributed by atoms with E-state index in [4.69, 9.17) is 16.3 Å². The number of aromatic nitrogens is 4. The molecule has 2 aromatic rings. The highest BCUT2D eigenvalue weighted by atomic mass is 35.5. The van der Waals surface area contributed by atoms with Gasteiger partial charge in [-0.2, -0.15) is 9.61 Å². The molecule has 14 heavy (non-hydrogen) atoms. The Morgan fingerprint density at radius 2 is 2.29 bits per heavy atom. The molecule has 0 saturated carbocycles. The molecule has 5 nitrogen and oxygen atoms in total. The molecule has 0 spiro atoms. The van der Waals surface area contributed by atoms with Gasteiger partial charge in [-0.3, -0.25) is 0 Å². The van der Waals surface area contributed by atoms with Gasteiger partial charge in [0.2, 0.25) is 0 Å². The van der Waals surface area contributed by atoms with Crippen LogP contribution in [0, 0.1) is 6.92 Å². The largest absolute Gasteiger partial charge is 0.377 e. The number of halogens is 1. The SMILES string of the molecule is COCc1nnc2cc(C)c(Cl)nn12. The molecule has 0 radical (unpaired) electrons. The van der Waals surface area contributed by atoms with E-state index >= 15 is 0 Å². The van der Waals surface area contributed by atoms with E-state index < -0.39 is 0 Å². The number of methoxy groups -OCH3 is 1. The van der Waals surface area contributed by atoms with E-state index in [-0.39, 0.29) is 0 Å². The van der Waals surface area contributed by atoms with Gasteiger partial charge in [0.05, 0.1) is 0 Å². The van der Waals surface area contributed by atoms with Crippen molar-refractivity contribution in [3.63, 3.8) is 0 Å². The van der Waals surface area contributed by atoms with Crippen molar-refractivity contribution in [2.45, 2.75) is 13.5 Å². The van der Waals surface area contributed by atoms with Gasteiger partial charge in [-0.15, -0.1) is 10.2 Å². The zero-order valence-corrected chi connectivity index (χ0v) is 8.62. The van der Waals surface area contributed by atoms with Gasteiger partial charge in [0.25, 0.3) is 0 Å². The second-order valence-corrected chi connectivity index (χ2v) is 3.30. The van der Waals surface area contributed by atoms with E-state index in [1.54, 1.807) is 11.6 Å². The molecular formula is C8H9ClN4O. The molecule has 6 heteroatoms. The lowest BCUT2D eigenvalue weighted by atomic mass is 10.3. The smallest absolute Gasteiger partial charge is 0.180 e. The molecule has 2 rings (SSSR count). The Morgan fingerprint density at radius 1 is 1.50 bits per heavy atom. The molecule has 0 saturated heterocycles. The summed E-state index contributed by atoms with van der Waals surface area (Å²) in [5.74, 6) is 0.643. The number of rotatable bonds is 2. The van der Waals surface area contributed by atoms with Crippen molar-refractivity contribution >= 4 is 17.2 Å². The third-order valence-corrected chi connectivity index (χ3v) is 2.24. The van der Waals surface area contributed by atoms with Crippen molar-refractivity contribution in [1.29, 1.82) is 0 Å². The van der Waals surface area contributed by atoms with Gasteiger partial charge in [-0.1, -0.05) is 11.6 Å². The van der Waals surface area contributed by atoms with Crippen molar-refractivity contribution in [2.75, 3.05) is 7.11 Å². The predicted molar refractivity (Wildman–Crippen MR) is 51.2 cm³/mol. The maximum Gasteiger partial charge on any atom is 0.180 e. The Bertz CT molecular complexity index is 468. The first-order valence-electron chi connectivity index (χ1n) is 4.08. The summed E-state index contributed by atoms with van der Waals surface area (Å²) in [7, 11) is 1.59. The minimum absolute atomic E-state index is 0.369. The van der Waals surface area contributed by atoms with E-state index in [1.807, 2.05) is 13.0 Å². The average molecular weight is 213 g/mol. The van der Waals surface area contributed by atoms with Gasteiger partial charge in [0.15, 0.2) is 16.6 Å². The number of ether oxygens (including phenoxy) is 1. The van der Waals surface area contributed by atoms with Crippen LogP contribution in [0.2, 0.25) is 5.15 Å². The number of nitrogens with zero attached hydrogens (tertiary/aromatic N) is 4. The van der Waals surface area contributed by atoms with Crippen LogP contribution in [0.25, 0.3) is 5.65 Å². The standard InChI is InChI=1S/C8H9ClN4O/c1-5-3-6-10-11-7(4-14-2)13(6)12-8(5)9/h3H,4H2,1-2H3. The molecule has 0 unspecified atom stereocenters. The molecule has 0 N–H and O–H groups in total. The van der Waals surface area contributed by atoms with Crippen LogP contribution in [0.3, 0.4) is 0 Å². The summed E-state index contributed by atoms with van der Waals surface area (Å²) in [4.78, 5) is 0. The average Bonchev–Trinajstić information content (AvgIpc) is 2.51. The fourth-order valence-corrected chi connectivity index (χ4v) is 1.29. The highest BCUT2D eigenvalue weighted by Gasteiger charge is 2.08. The van der Waals surface area contributed by atoms with Crippen molar-refractivity contribution < 1.29 is 4.74 Å². The third kappa shape index (κ3) is 1.44. The van der Waals surface area contributed by atoms with Gasteiger partial charge in [0, 0.05) is 7.11 Å². The van der Waals surface area contributed by atoms with Crippen molar-refractivity contribution in [3.8, 4) is 0 Å². The third-order valence-electron chi connectivity index (χ3n) is 1.86. The Kier molecular flexibility index (Phi) is 2.35. The minimum atomic E-state index is 0.369. The summed E-state index contributed by atoms with van der Waals surface area (Å²) in [5, 5.41) is 12.5. The van der Waals surface area contributed by atoms with E-state index in [1.165, 1.54) is 0 Å². The Hall–Kier alpha value is -1.20. The molecule has 0 aliphatic carbocycles. The van der Waals surface area contributed by atoms with Gasteiger partial charge in [-0.25, -0.2) is 0 Å². The summed E-state index contributed by atoms with van der Waals surface area (Å²) in [6, 6.07) is 1.83. The predicted octanol–water partition coefficient (Wildman–Crippen LogP) is 1.23. The lowest BCUT2D eigenvalue weighted by molar-refractivity contribution is 0.176. The summed E-state index contributed by atoms with van der Waals surface area (Å²) in [6.45, 7) is 2.24.